The number of morpholine rings is 1. The molecule has 5 rings (SSSR count). The van der Waals surface area contributed by atoms with E-state index in [9.17, 15) is 4.79 Å². The van der Waals surface area contributed by atoms with Gasteiger partial charge in [-0.15, -0.1) is 11.3 Å². The number of hydrogen-bond acceptors (Lipinski definition) is 7. The number of anilines is 2. The largest absolute Gasteiger partial charge is 0.379 e. The van der Waals surface area contributed by atoms with Crippen LogP contribution in [0.1, 0.15) is 10.6 Å². The predicted molar refractivity (Wildman–Crippen MR) is 129 cm³/mol. The molecule has 1 fully saturated rings. The number of rotatable bonds is 6. The SMILES string of the molecule is Cc1nc(-c2cc3cc[nH]c(=O)c3c(Nc3ccc(CCN4CCOCC4)cc3)n2)cs1. The number of H-pyrrole nitrogens is 1. The molecule has 0 unspecified atom stereocenters. The fraction of sp³-hybridized carbons (Fsp3) is 0.292. The summed E-state index contributed by atoms with van der Waals surface area (Å²) in [5, 5.41) is 7.70. The number of fused-ring (bicyclic) bond motifs is 1. The van der Waals surface area contributed by atoms with Gasteiger partial charge in [0, 0.05) is 36.9 Å². The smallest absolute Gasteiger partial charge is 0.259 e. The average Bonchev–Trinajstić information content (AvgIpc) is 3.25. The first-order valence-electron chi connectivity index (χ1n) is 10.8. The Hall–Kier alpha value is -3.07. The number of aromatic amines is 1. The van der Waals surface area contributed by atoms with E-state index in [1.807, 2.05) is 36.6 Å². The molecule has 1 aliphatic rings. The zero-order valence-electron chi connectivity index (χ0n) is 17.9. The fourth-order valence-electron chi connectivity index (χ4n) is 3.92. The van der Waals surface area contributed by atoms with Crippen molar-refractivity contribution in [2.45, 2.75) is 13.3 Å². The van der Waals surface area contributed by atoms with Gasteiger partial charge in [-0.1, -0.05) is 12.1 Å². The van der Waals surface area contributed by atoms with Crippen LogP contribution in [0.5, 0.6) is 0 Å². The Balaban J connectivity index is 1.39. The molecule has 164 valence electrons. The minimum atomic E-state index is -0.166. The van der Waals surface area contributed by atoms with Gasteiger partial charge in [-0.25, -0.2) is 9.97 Å². The van der Waals surface area contributed by atoms with E-state index < -0.39 is 0 Å². The van der Waals surface area contributed by atoms with E-state index in [-0.39, 0.29) is 5.56 Å². The second-order valence-corrected chi connectivity index (χ2v) is 8.97. The molecule has 3 aromatic heterocycles. The van der Waals surface area contributed by atoms with Gasteiger partial charge >= 0.3 is 0 Å². The Bertz CT molecular complexity index is 1280. The summed E-state index contributed by atoms with van der Waals surface area (Å²) in [7, 11) is 0. The second-order valence-electron chi connectivity index (χ2n) is 7.90. The minimum Gasteiger partial charge on any atom is -0.379 e. The van der Waals surface area contributed by atoms with Crippen molar-refractivity contribution in [3.05, 3.63) is 68.9 Å². The second kappa shape index (κ2) is 9.20. The maximum atomic E-state index is 12.6. The summed E-state index contributed by atoms with van der Waals surface area (Å²) in [6.45, 7) is 6.65. The third-order valence-corrected chi connectivity index (χ3v) is 6.45. The van der Waals surface area contributed by atoms with Gasteiger partial charge in [-0.3, -0.25) is 9.69 Å². The minimum absolute atomic E-state index is 0.166. The van der Waals surface area contributed by atoms with Gasteiger partial charge in [0.05, 0.1) is 35.0 Å². The number of aryl methyl sites for hydroxylation is 1. The lowest BCUT2D eigenvalue weighted by Crippen LogP contribution is -2.37. The third kappa shape index (κ3) is 4.57. The Morgan fingerprint density at radius 1 is 1.12 bits per heavy atom. The Morgan fingerprint density at radius 2 is 1.94 bits per heavy atom. The van der Waals surface area contributed by atoms with E-state index >= 15 is 0 Å². The fourth-order valence-corrected chi connectivity index (χ4v) is 4.53. The predicted octanol–water partition coefficient (Wildman–Crippen LogP) is 3.97. The van der Waals surface area contributed by atoms with Crippen LogP contribution in [0.3, 0.4) is 0 Å². The normalized spacial score (nSPS) is 14.7. The topological polar surface area (TPSA) is 83.1 Å². The number of benzene rings is 1. The number of aromatic nitrogens is 3. The molecular weight excluding hydrogens is 422 g/mol. The summed E-state index contributed by atoms with van der Waals surface area (Å²) < 4.78 is 5.42. The van der Waals surface area contributed by atoms with Crippen molar-refractivity contribution in [3.8, 4) is 11.4 Å². The highest BCUT2D eigenvalue weighted by Gasteiger charge is 2.13. The Morgan fingerprint density at radius 3 is 2.69 bits per heavy atom. The number of ether oxygens (including phenoxy) is 1. The highest BCUT2D eigenvalue weighted by atomic mass is 32.1. The number of thiazole rings is 1. The molecular formula is C24H25N5O2S. The zero-order valence-corrected chi connectivity index (χ0v) is 18.7. The van der Waals surface area contributed by atoms with E-state index in [4.69, 9.17) is 9.72 Å². The molecule has 2 N–H and O–H groups in total. The third-order valence-electron chi connectivity index (χ3n) is 5.67. The summed E-state index contributed by atoms with van der Waals surface area (Å²) in [6, 6.07) is 12.1. The van der Waals surface area contributed by atoms with Crippen molar-refractivity contribution in [1.29, 1.82) is 0 Å². The molecule has 0 saturated carbocycles. The molecule has 8 heteroatoms. The molecule has 32 heavy (non-hydrogen) atoms. The van der Waals surface area contributed by atoms with Crippen LogP contribution in [0.15, 0.2) is 52.8 Å². The summed E-state index contributed by atoms with van der Waals surface area (Å²) in [6.07, 6.45) is 2.66. The lowest BCUT2D eigenvalue weighted by Gasteiger charge is -2.26. The van der Waals surface area contributed by atoms with Crippen LogP contribution in [0.4, 0.5) is 11.5 Å². The van der Waals surface area contributed by atoms with E-state index in [0.717, 1.165) is 66.7 Å². The number of pyridine rings is 2. The molecule has 0 radical (unpaired) electrons. The molecule has 0 amide bonds. The van der Waals surface area contributed by atoms with Crippen molar-refractivity contribution in [1.82, 2.24) is 19.9 Å². The van der Waals surface area contributed by atoms with Gasteiger partial charge in [-0.05, 0) is 48.6 Å². The van der Waals surface area contributed by atoms with E-state index in [2.05, 4.69) is 32.3 Å². The molecule has 0 aliphatic carbocycles. The van der Waals surface area contributed by atoms with Gasteiger partial charge in [0.1, 0.15) is 5.82 Å². The van der Waals surface area contributed by atoms with Gasteiger partial charge < -0.3 is 15.0 Å². The number of nitrogens with zero attached hydrogens (tertiary/aromatic N) is 3. The van der Waals surface area contributed by atoms with Crippen LogP contribution in [0, 0.1) is 6.92 Å². The van der Waals surface area contributed by atoms with Crippen LogP contribution >= 0.6 is 11.3 Å². The van der Waals surface area contributed by atoms with E-state index in [0.29, 0.717) is 11.2 Å². The van der Waals surface area contributed by atoms with Gasteiger partial charge in [0.15, 0.2) is 0 Å². The summed E-state index contributed by atoms with van der Waals surface area (Å²) >= 11 is 1.58. The highest BCUT2D eigenvalue weighted by Crippen LogP contribution is 2.28. The molecule has 1 saturated heterocycles. The van der Waals surface area contributed by atoms with Crippen molar-refractivity contribution in [3.63, 3.8) is 0 Å². The lowest BCUT2D eigenvalue weighted by molar-refractivity contribution is 0.0384. The molecule has 4 heterocycles. The quantitative estimate of drug-likeness (QED) is 0.465. The summed E-state index contributed by atoms with van der Waals surface area (Å²) in [5.74, 6) is 0.533. The first-order chi connectivity index (χ1) is 15.7. The molecule has 4 aromatic rings. The number of nitrogens with one attached hydrogen (secondary N) is 2. The first-order valence-corrected chi connectivity index (χ1v) is 11.6. The number of hydrogen-bond donors (Lipinski definition) is 2. The maximum Gasteiger partial charge on any atom is 0.259 e. The van der Waals surface area contributed by atoms with Gasteiger partial charge in [0.25, 0.3) is 5.56 Å². The molecule has 1 aliphatic heterocycles. The molecule has 0 atom stereocenters. The Kier molecular flexibility index (Phi) is 5.98. The highest BCUT2D eigenvalue weighted by molar-refractivity contribution is 7.09. The van der Waals surface area contributed by atoms with Crippen LogP contribution in [-0.4, -0.2) is 52.7 Å². The molecule has 7 nitrogen and oxygen atoms in total. The van der Waals surface area contributed by atoms with Crippen LogP contribution in [0.25, 0.3) is 22.2 Å². The summed E-state index contributed by atoms with van der Waals surface area (Å²) in [4.78, 5) is 27.1. The van der Waals surface area contributed by atoms with Crippen LogP contribution in [-0.2, 0) is 11.2 Å². The standard InChI is InChI=1S/C24H25N5O2S/c1-16-26-21(15-32-16)20-14-18-6-8-25-24(30)22(18)23(28-20)27-19-4-2-17(3-5-19)7-9-29-10-12-31-13-11-29/h2-6,8,14-15H,7,9-13H2,1H3,(H,25,30)(H,27,28). The van der Waals surface area contributed by atoms with Gasteiger partial charge in [-0.2, -0.15) is 0 Å². The van der Waals surface area contributed by atoms with Crippen molar-refractivity contribution < 1.29 is 4.74 Å². The van der Waals surface area contributed by atoms with E-state index in [1.165, 1.54) is 5.56 Å². The average molecular weight is 448 g/mol. The Labute approximate surface area is 190 Å². The van der Waals surface area contributed by atoms with Crippen LogP contribution in [0.2, 0.25) is 0 Å². The maximum absolute atomic E-state index is 12.6. The monoisotopic (exact) mass is 447 g/mol. The molecule has 1 aromatic carbocycles. The first kappa shape index (κ1) is 20.8. The van der Waals surface area contributed by atoms with Crippen molar-refractivity contribution >= 4 is 33.6 Å². The lowest BCUT2D eigenvalue weighted by atomic mass is 10.1. The zero-order chi connectivity index (χ0) is 21.9. The van der Waals surface area contributed by atoms with Crippen molar-refractivity contribution in [2.75, 3.05) is 38.2 Å². The molecule has 0 spiro atoms. The van der Waals surface area contributed by atoms with E-state index in [1.54, 1.807) is 17.5 Å². The summed E-state index contributed by atoms with van der Waals surface area (Å²) in [5.41, 5.74) is 3.57. The van der Waals surface area contributed by atoms with Crippen LogP contribution < -0.4 is 10.9 Å². The van der Waals surface area contributed by atoms with Gasteiger partial charge in [0.2, 0.25) is 0 Å². The molecule has 0 bridgehead atoms. The van der Waals surface area contributed by atoms with Crippen molar-refractivity contribution in [2.24, 2.45) is 0 Å².